The molecule has 4 atom stereocenters. The average Bonchev–Trinajstić information content (AvgIpc) is 2.55. The van der Waals surface area contributed by atoms with Gasteiger partial charge >= 0.3 is 0 Å². The fourth-order valence-electron chi connectivity index (χ4n) is 2.32. The van der Waals surface area contributed by atoms with Crippen molar-refractivity contribution < 1.29 is 24.1 Å². The summed E-state index contributed by atoms with van der Waals surface area (Å²) in [5.41, 5.74) is 1.09. The third kappa shape index (κ3) is 4.76. The summed E-state index contributed by atoms with van der Waals surface area (Å²) in [6.45, 7) is 4.50. The molecule has 1 aliphatic heterocycles. The lowest BCUT2D eigenvalue weighted by molar-refractivity contribution is -0.290. The molecule has 1 aromatic carbocycles. The van der Waals surface area contributed by atoms with E-state index in [0.717, 1.165) is 18.4 Å². The van der Waals surface area contributed by atoms with Gasteiger partial charge in [0.2, 0.25) is 0 Å². The van der Waals surface area contributed by atoms with Gasteiger partial charge in [-0.1, -0.05) is 30.3 Å². The van der Waals surface area contributed by atoms with Gasteiger partial charge in [-0.2, -0.15) is 0 Å². The molecule has 1 aliphatic rings. The maximum atomic E-state index is 10.1. The van der Waals surface area contributed by atoms with Crippen molar-refractivity contribution in [2.45, 2.75) is 57.6 Å². The summed E-state index contributed by atoms with van der Waals surface area (Å²) in [6, 6.07) is 9.95. The molecule has 0 radical (unpaired) electrons. The van der Waals surface area contributed by atoms with E-state index in [2.05, 4.69) is 0 Å². The van der Waals surface area contributed by atoms with Gasteiger partial charge in [0.05, 0.1) is 6.61 Å². The van der Waals surface area contributed by atoms with Crippen LogP contribution in [0.4, 0.5) is 0 Å². The zero-order valence-electron chi connectivity index (χ0n) is 13.5. The normalized spacial score (nSPS) is 26.4. The highest BCUT2D eigenvalue weighted by Gasteiger charge is 2.35. The standard InChI is InChI=1S/C17H26O5/c1-13(17(2,18)19-3)22-15-10-7-11-20-16(15)21-12-14-8-5-4-6-9-14/h4-6,8-9,13,15-16,18H,7,10-12H2,1-3H3/t13?,15?,16?,17-/m1/s1. The molecule has 1 heterocycles. The highest BCUT2D eigenvalue weighted by Crippen LogP contribution is 2.24. The van der Waals surface area contributed by atoms with Crippen molar-refractivity contribution in [3.05, 3.63) is 35.9 Å². The van der Waals surface area contributed by atoms with Gasteiger partial charge in [-0.25, -0.2) is 0 Å². The fourth-order valence-corrected chi connectivity index (χ4v) is 2.32. The van der Waals surface area contributed by atoms with Gasteiger partial charge < -0.3 is 24.1 Å². The summed E-state index contributed by atoms with van der Waals surface area (Å²) >= 11 is 0. The van der Waals surface area contributed by atoms with E-state index in [0.29, 0.717) is 13.2 Å². The predicted molar refractivity (Wildman–Crippen MR) is 82.2 cm³/mol. The molecular formula is C17H26O5. The number of methoxy groups -OCH3 is 1. The molecule has 0 saturated carbocycles. The van der Waals surface area contributed by atoms with E-state index in [1.54, 1.807) is 13.8 Å². The third-order valence-electron chi connectivity index (χ3n) is 4.02. The molecule has 0 bridgehead atoms. The fraction of sp³-hybridized carbons (Fsp3) is 0.647. The van der Waals surface area contributed by atoms with E-state index >= 15 is 0 Å². The maximum Gasteiger partial charge on any atom is 0.188 e. The number of hydrogen-bond donors (Lipinski definition) is 1. The van der Waals surface area contributed by atoms with E-state index in [1.807, 2.05) is 30.3 Å². The van der Waals surface area contributed by atoms with Crippen LogP contribution in [-0.4, -0.2) is 43.1 Å². The first-order valence-electron chi connectivity index (χ1n) is 7.73. The SMILES string of the molecule is CO[C@@](C)(O)C(C)OC1CCCOC1OCc1ccccc1. The van der Waals surface area contributed by atoms with Crippen LogP contribution in [0, 0.1) is 0 Å². The molecule has 0 aliphatic carbocycles. The second-order valence-corrected chi connectivity index (χ2v) is 5.75. The molecule has 22 heavy (non-hydrogen) atoms. The second kappa shape index (κ2) is 8.04. The van der Waals surface area contributed by atoms with Crippen molar-refractivity contribution >= 4 is 0 Å². The van der Waals surface area contributed by atoms with E-state index in [-0.39, 0.29) is 6.10 Å². The Balaban J connectivity index is 1.90. The lowest BCUT2D eigenvalue weighted by Gasteiger charge is -2.37. The first-order chi connectivity index (χ1) is 10.5. The van der Waals surface area contributed by atoms with Crippen molar-refractivity contribution in [2.75, 3.05) is 13.7 Å². The van der Waals surface area contributed by atoms with Gasteiger partial charge in [0.15, 0.2) is 12.1 Å². The van der Waals surface area contributed by atoms with Crippen LogP contribution in [0.3, 0.4) is 0 Å². The van der Waals surface area contributed by atoms with Crippen LogP contribution in [0.25, 0.3) is 0 Å². The van der Waals surface area contributed by atoms with Gasteiger partial charge in [-0.05, 0) is 32.3 Å². The topological polar surface area (TPSA) is 57.2 Å². The molecule has 1 saturated heterocycles. The largest absolute Gasteiger partial charge is 0.364 e. The van der Waals surface area contributed by atoms with Gasteiger partial charge in [0.1, 0.15) is 12.2 Å². The molecule has 0 spiro atoms. The third-order valence-corrected chi connectivity index (χ3v) is 4.02. The minimum atomic E-state index is -1.33. The van der Waals surface area contributed by atoms with E-state index < -0.39 is 18.2 Å². The predicted octanol–water partition coefficient (Wildman–Crippen LogP) is 2.47. The number of hydrogen-bond acceptors (Lipinski definition) is 5. The quantitative estimate of drug-likeness (QED) is 0.784. The van der Waals surface area contributed by atoms with E-state index in [1.165, 1.54) is 7.11 Å². The number of ether oxygens (including phenoxy) is 4. The molecule has 1 fully saturated rings. The summed E-state index contributed by atoms with van der Waals surface area (Å²) < 4.78 is 22.5. The Morgan fingerprint density at radius 2 is 2.09 bits per heavy atom. The monoisotopic (exact) mass is 310 g/mol. The van der Waals surface area contributed by atoms with Gasteiger partial charge in [0, 0.05) is 13.7 Å². The number of benzene rings is 1. The van der Waals surface area contributed by atoms with Crippen LogP contribution in [0.5, 0.6) is 0 Å². The summed E-state index contributed by atoms with van der Waals surface area (Å²) in [7, 11) is 1.46. The summed E-state index contributed by atoms with van der Waals surface area (Å²) in [5.74, 6) is -1.33. The Bertz CT molecular complexity index is 434. The second-order valence-electron chi connectivity index (χ2n) is 5.75. The lowest BCUT2D eigenvalue weighted by Crippen LogP contribution is -2.47. The molecule has 124 valence electrons. The summed E-state index contributed by atoms with van der Waals surface area (Å²) in [4.78, 5) is 0. The Morgan fingerprint density at radius 3 is 2.77 bits per heavy atom. The van der Waals surface area contributed by atoms with Gasteiger partial charge in [-0.15, -0.1) is 0 Å². The van der Waals surface area contributed by atoms with Crippen molar-refractivity contribution in [2.24, 2.45) is 0 Å². The Hall–Kier alpha value is -0.980. The number of aliphatic hydroxyl groups is 1. The smallest absolute Gasteiger partial charge is 0.188 e. The molecular weight excluding hydrogens is 284 g/mol. The molecule has 5 heteroatoms. The van der Waals surface area contributed by atoms with Crippen molar-refractivity contribution in [1.29, 1.82) is 0 Å². The molecule has 0 aromatic heterocycles. The zero-order chi connectivity index (χ0) is 16.0. The van der Waals surface area contributed by atoms with Gasteiger partial charge in [0.25, 0.3) is 0 Å². The molecule has 1 aromatic rings. The minimum absolute atomic E-state index is 0.214. The van der Waals surface area contributed by atoms with Crippen molar-refractivity contribution in [3.63, 3.8) is 0 Å². The Kier molecular flexibility index (Phi) is 6.35. The molecule has 0 amide bonds. The molecule has 2 rings (SSSR count). The van der Waals surface area contributed by atoms with Crippen LogP contribution >= 0.6 is 0 Å². The van der Waals surface area contributed by atoms with Crippen LogP contribution in [0.1, 0.15) is 32.3 Å². The van der Waals surface area contributed by atoms with Crippen molar-refractivity contribution in [1.82, 2.24) is 0 Å². The van der Waals surface area contributed by atoms with E-state index in [9.17, 15) is 5.11 Å². The van der Waals surface area contributed by atoms with Crippen LogP contribution in [-0.2, 0) is 25.6 Å². The van der Waals surface area contributed by atoms with Crippen molar-refractivity contribution in [3.8, 4) is 0 Å². The highest BCUT2D eigenvalue weighted by molar-refractivity contribution is 5.13. The highest BCUT2D eigenvalue weighted by atomic mass is 16.7. The van der Waals surface area contributed by atoms with Crippen LogP contribution < -0.4 is 0 Å². The average molecular weight is 310 g/mol. The summed E-state index contributed by atoms with van der Waals surface area (Å²) in [5, 5.41) is 10.1. The van der Waals surface area contributed by atoms with E-state index in [4.69, 9.17) is 18.9 Å². The lowest BCUT2D eigenvalue weighted by atomic mass is 10.1. The molecule has 5 nitrogen and oxygen atoms in total. The molecule has 1 N–H and O–H groups in total. The maximum absolute atomic E-state index is 10.1. The Labute approximate surface area is 132 Å². The first-order valence-corrected chi connectivity index (χ1v) is 7.73. The minimum Gasteiger partial charge on any atom is -0.364 e. The van der Waals surface area contributed by atoms with Crippen LogP contribution in [0.2, 0.25) is 0 Å². The van der Waals surface area contributed by atoms with Gasteiger partial charge in [-0.3, -0.25) is 0 Å². The molecule has 3 unspecified atom stereocenters. The Morgan fingerprint density at radius 1 is 1.36 bits per heavy atom. The summed E-state index contributed by atoms with van der Waals surface area (Å²) in [6.07, 6.45) is 0.631. The first kappa shape index (κ1) is 17.4. The van der Waals surface area contributed by atoms with Crippen LogP contribution in [0.15, 0.2) is 30.3 Å². The number of rotatable bonds is 7. The zero-order valence-corrected chi connectivity index (χ0v) is 13.5.